The fourth-order valence-electron chi connectivity index (χ4n) is 6.07. The monoisotopic (exact) mass is 588 g/mol. The lowest BCUT2D eigenvalue weighted by Gasteiger charge is -2.35. The van der Waals surface area contributed by atoms with Crippen molar-refractivity contribution in [1.82, 2.24) is 20.1 Å². The molecule has 3 amide bonds. The highest BCUT2D eigenvalue weighted by atomic mass is 32.1. The Hall–Kier alpha value is -3.56. The number of β-amino-alcohol motifs (C(OH)–C–C–N with tert-alkyl or cyclic N) is 1. The van der Waals surface area contributed by atoms with Crippen molar-refractivity contribution >= 4 is 29.1 Å². The first-order valence-electron chi connectivity index (χ1n) is 14.9. The molecule has 5 rings (SSSR count). The van der Waals surface area contributed by atoms with Gasteiger partial charge in [0, 0.05) is 31.6 Å². The fourth-order valence-corrected chi connectivity index (χ4v) is 6.88. The third kappa shape index (κ3) is 6.13. The van der Waals surface area contributed by atoms with E-state index in [1.165, 1.54) is 10.5 Å². The number of fused-ring (bicyclic) bond motifs is 1. The smallest absolute Gasteiger partial charge is 0.255 e. The molecule has 0 aliphatic carbocycles. The number of aryl methyl sites for hydroxylation is 2. The number of thiazole rings is 1. The van der Waals surface area contributed by atoms with Crippen molar-refractivity contribution in [3.8, 4) is 10.4 Å². The first-order chi connectivity index (χ1) is 20.2. The molecule has 9 heteroatoms. The van der Waals surface area contributed by atoms with Gasteiger partial charge in [-0.2, -0.15) is 0 Å². The van der Waals surface area contributed by atoms with Crippen molar-refractivity contribution in [2.24, 2.45) is 5.92 Å². The summed E-state index contributed by atoms with van der Waals surface area (Å²) in [6, 6.07) is 12.4. The maximum atomic E-state index is 14.0. The van der Waals surface area contributed by atoms with Gasteiger partial charge in [-0.15, -0.1) is 11.3 Å². The third-order valence-electron chi connectivity index (χ3n) is 8.33. The normalized spacial score (nSPS) is 19.0. The maximum Gasteiger partial charge on any atom is 0.255 e. The molecule has 3 atom stereocenters. The fraction of sp³-hybridized carbons (Fsp3) is 0.455. The predicted molar refractivity (Wildman–Crippen MR) is 164 cm³/mol. The van der Waals surface area contributed by atoms with Gasteiger partial charge in [-0.25, -0.2) is 4.98 Å². The van der Waals surface area contributed by atoms with Crippen LogP contribution in [0.1, 0.15) is 72.8 Å². The Balaban J connectivity index is 1.27. The van der Waals surface area contributed by atoms with Gasteiger partial charge in [0.2, 0.25) is 11.8 Å². The summed E-state index contributed by atoms with van der Waals surface area (Å²) in [6.07, 6.45) is 2.51. The van der Waals surface area contributed by atoms with Crippen LogP contribution in [0.3, 0.4) is 0 Å². The number of rotatable bonds is 10. The Labute approximate surface area is 251 Å². The second-order valence-electron chi connectivity index (χ2n) is 11.8. The molecule has 222 valence electrons. The molecular formula is C33H40N4O4S. The molecule has 2 aliphatic heterocycles. The van der Waals surface area contributed by atoms with Crippen molar-refractivity contribution in [2.45, 2.75) is 84.7 Å². The minimum absolute atomic E-state index is 0.0686. The zero-order chi connectivity index (χ0) is 30.0. The molecule has 0 bridgehead atoms. The van der Waals surface area contributed by atoms with Crippen LogP contribution in [-0.4, -0.2) is 62.3 Å². The molecule has 8 nitrogen and oxygen atoms in total. The number of hydrogen-bond acceptors (Lipinski definition) is 6. The SMILES string of the molecule is CCCCc1ccc2c(c1)CN([C@H](C(=O)N1C[C@H](O)C[C@H]1C(=O)NCc1ccc(-c3scnc3C)cc1)C(C)C)C2=O. The van der Waals surface area contributed by atoms with Gasteiger partial charge in [0.25, 0.3) is 5.91 Å². The van der Waals surface area contributed by atoms with Gasteiger partial charge in [0.1, 0.15) is 12.1 Å². The number of aromatic nitrogens is 1. The summed E-state index contributed by atoms with van der Waals surface area (Å²) >= 11 is 1.59. The quantitative estimate of drug-likeness (QED) is 0.357. The van der Waals surface area contributed by atoms with Crippen LogP contribution in [0, 0.1) is 12.8 Å². The van der Waals surface area contributed by atoms with Crippen molar-refractivity contribution in [3.63, 3.8) is 0 Å². The van der Waals surface area contributed by atoms with Crippen LogP contribution in [0.2, 0.25) is 0 Å². The molecule has 2 aromatic carbocycles. The van der Waals surface area contributed by atoms with Gasteiger partial charge >= 0.3 is 0 Å². The summed E-state index contributed by atoms with van der Waals surface area (Å²) in [5.74, 6) is -0.922. The minimum Gasteiger partial charge on any atom is -0.391 e. The highest BCUT2D eigenvalue weighted by Gasteiger charge is 2.45. The van der Waals surface area contributed by atoms with Crippen LogP contribution >= 0.6 is 11.3 Å². The minimum atomic E-state index is -0.799. The molecule has 3 heterocycles. The average molecular weight is 589 g/mol. The number of likely N-dealkylation sites (tertiary alicyclic amines) is 1. The molecule has 0 saturated carbocycles. The molecule has 2 aliphatic rings. The van der Waals surface area contributed by atoms with Crippen LogP contribution in [-0.2, 0) is 29.1 Å². The summed E-state index contributed by atoms with van der Waals surface area (Å²) < 4.78 is 0. The van der Waals surface area contributed by atoms with E-state index in [9.17, 15) is 19.5 Å². The standard InChI is InChI=1S/C33H40N4O4S/c1-5-6-7-22-10-13-27-25(14-22)17-37(32(27)40)29(20(2)3)33(41)36-18-26(38)15-28(36)31(39)34-16-23-8-11-24(12-9-23)30-21(4)35-19-42-30/h8-14,19-20,26,28-29,38H,5-7,15-18H2,1-4H3,(H,34,39)/t26-,28+,29+/m1/s1. The summed E-state index contributed by atoms with van der Waals surface area (Å²) in [7, 11) is 0. The number of carbonyl (C=O) groups is 3. The zero-order valence-electron chi connectivity index (χ0n) is 24.8. The summed E-state index contributed by atoms with van der Waals surface area (Å²) in [5, 5.41) is 13.5. The molecule has 1 saturated heterocycles. The van der Waals surface area contributed by atoms with E-state index < -0.39 is 18.2 Å². The largest absolute Gasteiger partial charge is 0.391 e. The van der Waals surface area contributed by atoms with E-state index in [1.807, 2.05) is 62.7 Å². The Bertz CT molecular complexity index is 1450. The van der Waals surface area contributed by atoms with Crippen molar-refractivity contribution in [1.29, 1.82) is 0 Å². The predicted octanol–water partition coefficient (Wildman–Crippen LogP) is 4.72. The number of aliphatic hydroxyl groups is 1. The number of benzene rings is 2. The van der Waals surface area contributed by atoms with Gasteiger partial charge in [0.05, 0.1) is 22.2 Å². The van der Waals surface area contributed by atoms with Crippen molar-refractivity contribution in [2.75, 3.05) is 6.54 Å². The van der Waals surface area contributed by atoms with E-state index >= 15 is 0 Å². The Morgan fingerprint density at radius 3 is 2.55 bits per heavy atom. The van der Waals surface area contributed by atoms with Gasteiger partial charge in [0.15, 0.2) is 0 Å². The molecule has 3 aromatic rings. The highest BCUT2D eigenvalue weighted by Crippen LogP contribution is 2.31. The summed E-state index contributed by atoms with van der Waals surface area (Å²) in [6.45, 7) is 8.73. The maximum absolute atomic E-state index is 14.0. The molecule has 0 spiro atoms. The lowest BCUT2D eigenvalue weighted by molar-refractivity contribution is -0.143. The van der Waals surface area contributed by atoms with E-state index in [4.69, 9.17) is 0 Å². The van der Waals surface area contributed by atoms with Crippen molar-refractivity contribution in [3.05, 3.63) is 75.9 Å². The van der Waals surface area contributed by atoms with Crippen LogP contribution in [0.25, 0.3) is 10.4 Å². The molecule has 1 fully saturated rings. The van der Waals surface area contributed by atoms with E-state index in [-0.39, 0.29) is 36.6 Å². The number of amides is 3. The number of unbranched alkanes of at least 4 members (excludes halogenated alkanes) is 1. The van der Waals surface area contributed by atoms with E-state index in [1.54, 1.807) is 16.2 Å². The molecule has 1 aromatic heterocycles. The van der Waals surface area contributed by atoms with Gasteiger partial charge in [-0.1, -0.05) is 63.6 Å². The average Bonchev–Trinajstić information content (AvgIpc) is 3.67. The van der Waals surface area contributed by atoms with E-state index in [0.29, 0.717) is 18.7 Å². The molecule has 0 unspecified atom stereocenters. The van der Waals surface area contributed by atoms with E-state index in [0.717, 1.165) is 46.5 Å². The second kappa shape index (κ2) is 12.8. The first-order valence-corrected chi connectivity index (χ1v) is 15.7. The van der Waals surface area contributed by atoms with Crippen LogP contribution in [0.15, 0.2) is 48.0 Å². The lowest BCUT2D eigenvalue weighted by Crippen LogP contribution is -2.55. The number of carbonyl (C=O) groups excluding carboxylic acids is 3. The summed E-state index contributed by atoms with van der Waals surface area (Å²) in [4.78, 5) is 49.4. The number of nitrogens with one attached hydrogen (secondary N) is 1. The lowest BCUT2D eigenvalue weighted by atomic mass is 10.0. The first kappa shape index (κ1) is 29.9. The van der Waals surface area contributed by atoms with Gasteiger partial charge < -0.3 is 20.2 Å². The Kier molecular flexibility index (Phi) is 9.08. The highest BCUT2D eigenvalue weighted by molar-refractivity contribution is 7.13. The molecule has 2 N–H and O–H groups in total. The third-order valence-corrected chi connectivity index (χ3v) is 9.31. The van der Waals surface area contributed by atoms with E-state index in [2.05, 4.69) is 23.3 Å². The Morgan fingerprint density at radius 1 is 1.14 bits per heavy atom. The van der Waals surface area contributed by atoms with Gasteiger partial charge in [-0.05, 0) is 54.0 Å². The second-order valence-corrected chi connectivity index (χ2v) is 12.6. The topological polar surface area (TPSA) is 103 Å². The Morgan fingerprint density at radius 2 is 1.88 bits per heavy atom. The van der Waals surface area contributed by atoms with Crippen molar-refractivity contribution < 1.29 is 19.5 Å². The van der Waals surface area contributed by atoms with Gasteiger partial charge in [-0.3, -0.25) is 14.4 Å². The summed E-state index contributed by atoms with van der Waals surface area (Å²) in [5.41, 5.74) is 7.61. The number of nitrogens with zero attached hydrogens (tertiary/aromatic N) is 3. The van der Waals surface area contributed by atoms with Crippen LogP contribution < -0.4 is 5.32 Å². The number of hydrogen-bond donors (Lipinski definition) is 2. The molecular weight excluding hydrogens is 548 g/mol. The van der Waals surface area contributed by atoms with Crippen LogP contribution in [0.5, 0.6) is 0 Å². The molecule has 0 radical (unpaired) electrons. The van der Waals surface area contributed by atoms with Crippen LogP contribution in [0.4, 0.5) is 0 Å². The number of aliphatic hydroxyl groups excluding tert-OH is 1. The molecule has 42 heavy (non-hydrogen) atoms. The zero-order valence-corrected chi connectivity index (χ0v) is 25.6.